The van der Waals surface area contributed by atoms with E-state index >= 15 is 0 Å². The first-order valence-electron chi connectivity index (χ1n) is 8.92. The van der Waals surface area contributed by atoms with Crippen molar-refractivity contribution in [2.75, 3.05) is 7.11 Å². The Morgan fingerprint density at radius 3 is 1.97 bits per heavy atom. The quantitative estimate of drug-likeness (QED) is 0.642. The monoisotopic (exact) mass is 420 g/mol. The minimum Gasteiger partial charge on any atom is -0.467 e. The number of benzene rings is 2. The molecule has 0 radical (unpaired) electrons. The Balaban J connectivity index is 2.15. The molecule has 0 aliphatic carbocycles. The molecule has 0 spiro atoms. The zero-order valence-electron chi connectivity index (χ0n) is 16.1. The van der Waals surface area contributed by atoms with Crippen molar-refractivity contribution < 1.29 is 23.5 Å². The van der Waals surface area contributed by atoms with Crippen molar-refractivity contribution >= 4 is 29.4 Å². The lowest BCUT2D eigenvalue weighted by molar-refractivity contribution is -0.145. The smallest absolute Gasteiger partial charge is 0.328 e. The van der Waals surface area contributed by atoms with Gasteiger partial charge in [-0.15, -0.1) is 0 Å². The van der Waals surface area contributed by atoms with Gasteiger partial charge in [-0.25, -0.2) is 9.18 Å². The molecule has 8 heteroatoms. The summed E-state index contributed by atoms with van der Waals surface area (Å²) in [5.74, 6) is -1.96. The first-order chi connectivity index (χ1) is 13.8. The molecular formula is C21H22ClFN2O4. The molecule has 0 aliphatic heterocycles. The summed E-state index contributed by atoms with van der Waals surface area (Å²) in [6.45, 7) is 1.29. The highest BCUT2D eigenvalue weighted by molar-refractivity contribution is 6.30. The third-order valence-corrected chi connectivity index (χ3v) is 4.45. The van der Waals surface area contributed by atoms with E-state index in [0.717, 1.165) is 5.56 Å². The number of ether oxygens (including phenoxy) is 1. The van der Waals surface area contributed by atoms with Crippen LogP contribution in [0.15, 0.2) is 48.5 Å². The molecule has 0 aromatic heterocycles. The molecule has 2 aromatic rings. The van der Waals surface area contributed by atoms with Crippen LogP contribution in [0.4, 0.5) is 4.39 Å². The van der Waals surface area contributed by atoms with Gasteiger partial charge in [0.2, 0.25) is 11.8 Å². The molecule has 29 heavy (non-hydrogen) atoms. The van der Waals surface area contributed by atoms with Gasteiger partial charge in [0.05, 0.1) is 7.11 Å². The van der Waals surface area contributed by atoms with Gasteiger partial charge in [0.1, 0.15) is 17.9 Å². The van der Waals surface area contributed by atoms with E-state index < -0.39 is 35.7 Å². The van der Waals surface area contributed by atoms with Crippen LogP contribution in [0.5, 0.6) is 0 Å². The Hall–Kier alpha value is -2.93. The van der Waals surface area contributed by atoms with Gasteiger partial charge in [0.25, 0.3) is 0 Å². The molecule has 2 N–H and O–H groups in total. The number of esters is 1. The average Bonchev–Trinajstić information content (AvgIpc) is 2.69. The van der Waals surface area contributed by atoms with Crippen LogP contribution in [0.2, 0.25) is 5.02 Å². The maximum atomic E-state index is 13.1. The van der Waals surface area contributed by atoms with Gasteiger partial charge in [0.15, 0.2) is 0 Å². The van der Waals surface area contributed by atoms with E-state index in [2.05, 4.69) is 10.6 Å². The van der Waals surface area contributed by atoms with Gasteiger partial charge in [-0.1, -0.05) is 35.9 Å². The van der Waals surface area contributed by atoms with Crippen LogP contribution in [-0.4, -0.2) is 37.0 Å². The van der Waals surface area contributed by atoms with Gasteiger partial charge >= 0.3 is 5.97 Å². The minimum absolute atomic E-state index is 0.139. The van der Waals surface area contributed by atoms with Crippen LogP contribution >= 0.6 is 11.6 Å². The van der Waals surface area contributed by atoms with Crippen LogP contribution in [0.1, 0.15) is 18.1 Å². The number of carbonyl (C=O) groups excluding carboxylic acids is 3. The first-order valence-corrected chi connectivity index (χ1v) is 9.30. The lowest BCUT2D eigenvalue weighted by Gasteiger charge is -2.22. The van der Waals surface area contributed by atoms with E-state index in [1.54, 1.807) is 24.3 Å². The first kappa shape index (κ1) is 22.4. The number of hydrogen-bond donors (Lipinski definition) is 2. The molecule has 154 valence electrons. The normalized spacial score (nSPS) is 12.6. The summed E-state index contributed by atoms with van der Waals surface area (Å²) in [4.78, 5) is 36.5. The molecule has 0 bridgehead atoms. The van der Waals surface area contributed by atoms with Crippen LogP contribution in [0, 0.1) is 5.82 Å². The van der Waals surface area contributed by atoms with E-state index in [1.165, 1.54) is 38.3 Å². The van der Waals surface area contributed by atoms with Gasteiger partial charge in [-0.3, -0.25) is 9.59 Å². The molecule has 6 nitrogen and oxygen atoms in total. The molecule has 0 saturated carbocycles. The Morgan fingerprint density at radius 2 is 1.45 bits per heavy atom. The predicted octanol–water partition coefficient (Wildman–Crippen LogP) is 2.43. The summed E-state index contributed by atoms with van der Waals surface area (Å²) in [7, 11) is 1.23. The second kappa shape index (κ2) is 10.6. The zero-order chi connectivity index (χ0) is 21.4. The summed E-state index contributed by atoms with van der Waals surface area (Å²) in [5.41, 5.74) is 1.44. The van der Waals surface area contributed by atoms with Crippen molar-refractivity contribution in [1.29, 1.82) is 0 Å². The Labute approximate surface area is 173 Å². The van der Waals surface area contributed by atoms with Crippen molar-refractivity contribution in [3.63, 3.8) is 0 Å². The number of rotatable bonds is 8. The molecule has 0 unspecified atom stereocenters. The topological polar surface area (TPSA) is 84.5 Å². The standard InChI is InChI=1S/C21H22ClFN2O4/c1-13(26)24-18(11-15-5-9-17(23)10-6-15)20(27)25-19(21(28)29-2)12-14-3-7-16(22)8-4-14/h3-10,18-19H,11-12H2,1-2H3,(H,24,26)(H,25,27)/t18-,19-/m1/s1. The molecule has 2 atom stereocenters. The third-order valence-electron chi connectivity index (χ3n) is 4.20. The van der Waals surface area contributed by atoms with Crippen molar-refractivity contribution in [3.05, 3.63) is 70.5 Å². The number of carbonyl (C=O) groups is 3. The van der Waals surface area contributed by atoms with Crippen LogP contribution in [0.25, 0.3) is 0 Å². The average molecular weight is 421 g/mol. The van der Waals surface area contributed by atoms with Gasteiger partial charge < -0.3 is 15.4 Å². The summed E-state index contributed by atoms with van der Waals surface area (Å²) in [5, 5.41) is 5.75. The Kier molecular flexibility index (Phi) is 8.15. The van der Waals surface area contributed by atoms with E-state index in [4.69, 9.17) is 16.3 Å². The van der Waals surface area contributed by atoms with Crippen LogP contribution in [-0.2, 0) is 32.0 Å². The Bertz CT molecular complexity index is 856. The van der Waals surface area contributed by atoms with E-state index in [0.29, 0.717) is 10.6 Å². The largest absolute Gasteiger partial charge is 0.467 e. The second-order valence-corrected chi connectivity index (χ2v) is 6.94. The molecule has 0 aliphatic rings. The van der Waals surface area contributed by atoms with Crippen molar-refractivity contribution in [1.82, 2.24) is 10.6 Å². The number of amides is 2. The van der Waals surface area contributed by atoms with E-state index in [9.17, 15) is 18.8 Å². The highest BCUT2D eigenvalue weighted by Gasteiger charge is 2.27. The molecule has 2 rings (SSSR count). The van der Waals surface area contributed by atoms with E-state index in [-0.39, 0.29) is 12.8 Å². The van der Waals surface area contributed by atoms with Gasteiger partial charge in [-0.05, 0) is 35.4 Å². The lowest BCUT2D eigenvalue weighted by atomic mass is 10.0. The molecular weight excluding hydrogens is 399 g/mol. The minimum atomic E-state index is -0.946. The van der Waals surface area contributed by atoms with Crippen LogP contribution in [0.3, 0.4) is 0 Å². The van der Waals surface area contributed by atoms with Crippen molar-refractivity contribution in [3.8, 4) is 0 Å². The maximum absolute atomic E-state index is 13.1. The van der Waals surface area contributed by atoms with Gasteiger partial charge in [-0.2, -0.15) is 0 Å². The Morgan fingerprint density at radius 1 is 0.931 bits per heavy atom. The summed E-state index contributed by atoms with van der Waals surface area (Å²) in [6, 6.07) is 10.6. The highest BCUT2D eigenvalue weighted by atomic mass is 35.5. The molecule has 0 saturated heterocycles. The fourth-order valence-electron chi connectivity index (χ4n) is 2.77. The van der Waals surface area contributed by atoms with Gasteiger partial charge in [0, 0.05) is 24.8 Å². The SMILES string of the molecule is COC(=O)[C@@H](Cc1ccc(Cl)cc1)NC(=O)[C@@H](Cc1ccc(F)cc1)NC(C)=O. The number of hydrogen-bond acceptors (Lipinski definition) is 4. The van der Waals surface area contributed by atoms with E-state index in [1.807, 2.05) is 0 Å². The molecule has 2 amide bonds. The van der Waals surface area contributed by atoms with Crippen LogP contribution < -0.4 is 10.6 Å². The fourth-order valence-corrected chi connectivity index (χ4v) is 2.90. The molecule has 2 aromatic carbocycles. The van der Waals surface area contributed by atoms with Crippen molar-refractivity contribution in [2.24, 2.45) is 0 Å². The highest BCUT2D eigenvalue weighted by Crippen LogP contribution is 2.12. The zero-order valence-corrected chi connectivity index (χ0v) is 16.8. The summed E-state index contributed by atoms with van der Waals surface area (Å²) in [6.07, 6.45) is 0.333. The number of methoxy groups -OCH3 is 1. The second-order valence-electron chi connectivity index (χ2n) is 6.50. The third kappa shape index (κ3) is 7.19. The molecule has 0 heterocycles. The summed E-state index contributed by atoms with van der Waals surface area (Å²) < 4.78 is 17.9. The number of nitrogens with one attached hydrogen (secondary N) is 2. The van der Waals surface area contributed by atoms with Crippen molar-refractivity contribution in [2.45, 2.75) is 31.8 Å². The predicted molar refractivity (Wildman–Crippen MR) is 107 cm³/mol. The fraction of sp³-hybridized carbons (Fsp3) is 0.286. The maximum Gasteiger partial charge on any atom is 0.328 e. The lowest BCUT2D eigenvalue weighted by Crippen LogP contribution is -2.53. The molecule has 0 fully saturated rings. The summed E-state index contributed by atoms with van der Waals surface area (Å²) >= 11 is 5.87. The number of halogens is 2.